The van der Waals surface area contributed by atoms with Gasteiger partial charge < -0.3 is 15.8 Å². The van der Waals surface area contributed by atoms with Crippen LogP contribution in [0.25, 0.3) is 0 Å². The lowest BCUT2D eigenvalue weighted by molar-refractivity contribution is -0.143. The van der Waals surface area contributed by atoms with Crippen LogP contribution in [-0.2, 0) is 19.9 Å². The van der Waals surface area contributed by atoms with E-state index in [0.29, 0.717) is 26.0 Å². The van der Waals surface area contributed by atoms with E-state index >= 15 is 0 Å². The van der Waals surface area contributed by atoms with Gasteiger partial charge in [-0.1, -0.05) is 30.3 Å². The Bertz CT molecular complexity index is 449. The molecular weight excluding hydrogens is 292 g/mol. The van der Waals surface area contributed by atoms with Crippen LogP contribution in [0.15, 0.2) is 30.3 Å². The fourth-order valence-electron chi connectivity index (χ4n) is 1.77. The third-order valence-corrected chi connectivity index (χ3v) is 2.99. The number of benzene rings is 1. The number of ether oxygens (including phenoxy) is 1. The number of rotatable bonds is 7. The van der Waals surface area contributed by atoms with E-state index < -0.39 is 5.54 Å². The number of amides is 1. The molecule has 0 heterocycles. The van der Waals surface area contributed by atoms with Crippen molar-refractivity contribution in [2.45, 2.75) is 32.2 Å². The molecule has 0 aliphatic carbocycles. The predicted molar refractivity (Wildman–Crippen MR) is 84.1 cm³/mol. The molecule has 0 aromatic heterocycles. The number of halogens is 1. The van der Waals surface area contributed by atoms with Crippen LogP contribution in [0.1, 0.15) is 32.3 Å². The highest BCUT2D eigenvalue weighted by atomic mass is 35.5. The maximum atomic E-state index is 12.1. The molecule has 5 nitrogen and oxygen atoms in total. The summed E-state index contributed by atoms with van der Waals surface area (Å²) in [5.41, 5.74) is 5.74. The summed E-state index contributed by atoms with van der Waals surface area (Å²) in [4.78, 5) is 23.2. The molecule has 6 heteroatoms. The zero-order chi connectivity index (χ0) is 15.0. The number of hydrogen-bond donors (Lipinski definition) is 2. The highest BCUT2D eigenvalue weighted by Crippen LogP contribution is 2.17. The molecule has 0 aliphatic rings. The fourth-order valence-corrected chi connectivity index (χ4v) is 1.77. The molecule has 0 aliphatic heterocycles. The molecule has 1 rings (SSSR count). The smallest absolute Gasteiger partial charge is 0.305 e. The quantitative estimate of drug-likeness (QED) is 0.593. The lowest BCUT2D eigenvalue weighted by Crippen LogP contribution is -2.49. The van der Waals surface area contributed by atoms with Crippen molar-refractivity contribution < 1.29 is 14.3 Å². The first-order chi connectivity index (χ1) is 9.48. The number of hydrogen-bond acceptors (Lipinski definition) is 4. The Hall–Kier alpha value is -1.59. The van der Waals surface area contributed by atoms with Crippen LogP contribution in [0.5, 0.6) is 0 Å². The maximum absolute atomic E-state index is 12.1. The van der Waals surface area contributed by atoms with E-state index in [1.807, 2.05) is 30.3 Å². The van der Waals surface area contributed by atoms with Crippen molar-refractivity contribution in [2.75, 3.05) is 13.2 Å². The van der Waals surface area contributed by atoms with E-state index in [1.54, 1.807) is 13.8 Å². The topological polar surface area (TPSA) is 81.4 Å². The van der Waals surface area contributed by atoms with Gasteiger partial charge in [0.1, 0.15) is 5.54 Å². The van der Waals surface area contributed by atoms with Crippen LogP contribution in [-0.4, -0.2) is 25.0 Å². The highest BCUT2D eigenvalue weighted by Gasteiger charge is 2.29. The minimum atomic E-state index is -1.08. The third-order valence-electron chi connectivity index (χ3n) is 2.99. The molecule has 0 bridgehead atoms. The van der Waals surface area contributed by atoms with Crippen molar-refractivity contribution >= 4 is 24.3 Å². The van der Waals surface area contributed by atoms with Gasteiger partial charge in [-0.25, -0.2) is 0 Å². The average Bonchev–Trinajstić information content (AvgIpc) is 2.44. The molecule has 0 spiro atoms. The van der Waals surface area contributed by atoms with E-state index in [9.17, 15) is 9.59 Å². The van der Waals surface area contributed by atoms with Gasteiger partial charge in [-0.05, 0) is 25.8 Å². The standard InChI is InChI=1S/C15H22N2O3.ClH/c1-3-20-13(18)10-7-11-17-14(19)15(2,16)12-8-5-4-6-9-12;/h4-6,8-9H,3,7,10-11,16H2,1-2H3,(H,17,19);1H. The van der Waals surface area contributed by atoms with Gasteiger partial charge in [-0.15, -0.1) is 12.4 Å². The lowest BCUT2D eigenvalue weighted by Gasteiger charge is -2.24. The van der Waals surface area contributed by atoms with Crippen molar-refractivity contribution in [3.63, 3.8) is 0 Å². The molecule has 21 heavy (non-hydrogen) atoms. The van der Waals surface area contributed by atoms with E-state index in [1.165, 1.54) is 0 Å². The fraction of sp³-hybridized carbons (Fsp3) is 0.467. The zero-order valence-electron chi connectivity index (χ0n) is 12.4. The van der Waals surface area contributed by atoms with Gasteiger partial charge in [0, 0.05) is 13.0 Å². The van der Waals surface area contributed by atoms with Gasteiger partial charge in [0.05, 0.1) is 6.61 Å². The summed E-state index contributed by atoms with van der Waals surface area (Å²) >= 11 is 0. The van der Waals surface area contributed by atoms with Crippen LogP contribution >= 0.6 is 12.4 Å². The summed E-state index contributed by atoms with van der Waals surface area (Å²) < 4.78 is 4.81. The zero-order valence-corrected chi connectivity index (χ0v) is 13.2. The Balaban J connectivity index is 0.00000400. The van der Waals surface area contributed by atoms with Crippen molar-refractivity contribution in [1.29, 1.82) is 0 Å². The molecule has 1 aromatic carbocycles. The molecule has 1 aromatic rings. The minimum absolute atomic E-state index is 0. The molecular formula is C15H23ClN2O3. The SMILES string of the molecule is CCOC(=O)CCCNC(=O)C(C)(N)c1ccccc1.Cl. The summed E-state index contributed by atoms with van der Waals surface area (Å²) in [5.74, 6) is -0.507. The largest absolute Gasteiger partial charge is 0.466 e. The van der Waals surface area contributed by atoms with Crippen LogP contribution in [0.3, 0.4) is 0 Å². The second-order valence-corrected chi connectivity index (χ2v) is 4.73. The van der Waals surface area contributed by atoms with Crippen molar-refractivity contribution in [3.8, 4) is 0 Å². The van der Waals surface area contributed by atoms with Crippen LogP contribution < -0.4 is 11.1 Å². The molecule has 1 amide bonds. The number of nitrogens with one attached hydrogen (secondary N) is 1. The average molecular weight is 315 g/mol. The van der Waals surface area contributed by atoms with E-state index in [0.717, 1.165) is 5.56 Å². The molecule has 1 unspecified atom stereocenters. The van der Waals surface area contributed by atoms with E-state index in [2.05, 4.69) is 5.32 Å². The Morgan fingerprint density at radius 1 is 1.29 bits per heavy atom. The maximum Gasteiger partial charge on any atom is 0.305 e. The Morgan fingerprint density at radius 2 is 1.90 bits per heavy atom. The minimum Gasteiger partial charge on any atom is -0.466 e. The molecule has 118 valence electrons. The second kappa shape index (κ2) is 9.37. The first-order valence-electron chi connectivity index (χ1n) is 6.76. The predicted octanol–water partition coefficient (Wildman–Crippen LogP) is 1.74. The van der Waals surface area contributed by atoms with Gasteiger partial charge in [0.15, 0.2) is 0 Å². The number of nitrogens with two attached hydrogens (primary N) is 1. The summed E-state index contributed by atoms with van der Waals surface area (Å²) in [6.07, 6.45) is 0.830. The van der Waals surface area contributed by atoms with E-state index in [4.69, 9.17) is 10.5 Å². The summed E-state index contributed by atoms with van der Waals surface area (Å²) in [5, 5.41) is 2.75. The molecule has 0 saturated carbocycles. The van der Waals surface area contributed by atoms with Crippen molar-refractivity contribution in [3.05, 3.63) is 35.9 Å². The van der Waals surface area contributed by atoms with Crippen molar-refractivity contribution in [1.82, 2.24) is 5.32 Å². The number of esters is 1. The number of carbonyl (C=O) groups is 2. The second-order valence-electron chi connectivity index (χ2n) is 4.73. The molecule has 3 N–H and O–H groups in total. The molecule has 0 radical (unpaired) electrons. The Kier molecular flexibility index (Phi) is 8.66. The van der Waals surface area contributed by atoms with Crippen molar-refractivity contribution in [2.24, 2.45) is 5.73 Å². The summed E-state index contributed by atoms with van der Waals surface area (Å²) in [7, 11) is 0. The molecule has 0 fully saturated rings. The van der Waals surface area contributed by atoms with Crippen LogP contribution in [0.2, 0.25) is 0 Å². The highest BCUT2D eigenvalue weighted by molar-refractivity contribution is 5.87. The Morgan fingerprint density at radius 3 is 2.48 bits per heavy atom. The summed E-state index contributed by atoms with van der Waals surface area (Å²) in [6.45, 7) is 4.21. The summed E-state index contributed by atoms with van der Waals surface area (Å²) in [6, 6.07) is 9.19. The molecule has 0 saturated heterocycles. The first-order valence-corrected chi connectivity index (χ1v) is 6.76. The van der Waals surface area contributed by atoms with E-state index in [-0.39, 0.29) is 24.3 Å². The monoisotopic (exact) mass is 314 g/mol. The third kappa shape index (κ3) is 6.14. The molecule has 1 atom stereocenters. The van der Waals surface area contributed by atoms with Crippen LogP contribution in [0.4, 0.5) is 0 Å². The van der Waals surface area contributed by atoms with Gasteiger partial charge in [0.2, 0.25) is 5.91 Å². The number of carbonyl (C=O) groups excluding carboxylic acids is 2. The van der Waals surface area contributed by atoms with Gasteiger partial charge >= 0.3 is 5.97 Å². The van der Waals surface area contributed by atoms with Gasteiger partial charge in [-0.2, -0.15) is 0 Å². The normalized spacial score (nSPS) is 12.7. The Labute approximate surface area is 131 Å². The first kappa shape index (κ1) is 19.4. The lowest BCUT2D eigenvalue weighted by atomic mass is 9.92. The van der Waals surface area contributed by atoms with Gasteiger partial charge in [-0.3, -0.25) is 9.59 Å². The van der Waals surface area contributed by atoms with Gasteiger partial charge in [0.25, 0.3) is 0 Å². The van der Waals surface area contributed by atoms with Crippen LogP contribution in [0, 0.1) is 0 Å².